The maximum atomic E-state index is 10.0. The molecule has 11 heavy (non-hydrogen) atoms. The Kier molecular flexibility index (Phi) is 1.69. The minimum Gasteiger partial charge on any atom is -0.396 e. The Morgan fingerprint density at radius 3 is 2.64 bits per heavy atom. The summed E-state index contributed by atoms with van der Waals surface area (Å²) >= 11 is 0. The summed E-state index contributed by atoms with van der Waals surface area (Å²) in [6.45, 7) is 0.139. The van der Waals surface area contributed by atoms with E-state index in [4.69, 9.17) is 5.11 Å². The average molecular weight is 156 g/mol. The topological polar surface area (TPSA) is 40.5 Å². The van der Waals surface area contributed by atoms with Crippen LogP contribution in [-0.2, 0) is 0 Å². The van der Waals surface area contributed by atoms with Gasteiger partial charge < -0.3 is 10.2 Å². The van der Waals surface area contributed by atoms with E-state index in [9.17, 15) is 5.11 Å². The van der Waals surface area contributed by atoms with Crippen LogP contribution in [0, 0.1) is 11.8 Å². The molecule has 0 aromatic heterocycles. The fourth-order valence-corrected chi connectivity index (χ4v) is 2.91. The predicted molar refractivity (Wildman–Crippen MR) is 42.1 cm³/mol. The van der Waals surface area contributed by atoms with Crippen LogP contribution in [0.2, 0.25) is 0 Å². The number of aliphatic hydroxyl groups is 2. The highest BCUT2D eigenvalue weighted by Crippen LogP contribution is 2.51. The highest BCUT2D eigenvalue weighted by atomic mass is 16.3. The summed E-state index contributed by atoms with van der Waals surface area (Å²) in [5.41, 5.74) is -0.488. The van der Waals surface area contributed by atoms with Crippen molar-refractivity contribution in [1.29, 1.82) is 0 Å². The third-order valence-electron chi connectivity index (χ3n) is 3.49. The normalized spacial score (nSPS) is 48.5. The second kappa shape index (κ2) is 2.46. The van der Waals surface area contributed by atoms with Gasteiger partial charge in [-0.25, -0.2) is 0 Å². The van der Waals surface area contributed by atoms with Gasteiger partial charge in [-0.15, -0.1) is 0 Å². The number of aliphatic hydroxyl groups excluding tert-OH is 1. The average Bonchev–Trinajstić information content (AvgIpc) is 2.45. The Balaban J connectivity index is 2.04. The molecule has 0 spiro atoms. The molecule has 3 atom stereocenters. The van der Waals surface area contributed by atoms with Crippen LogP contribution >= 0.6 is 0 Å². The van der Waals surface area contributed by atoms with Crippen molar-refractivity contribution in [2.75, 3.05) is 6.61 Å². The summed E-state index contributed by atoms with van der Waals surface area (Å²) in [7, 11) is 0. The monoisotopic (exact) mass is 156 g/mol. The first-order chi connectivity index (χ1) is 5.24. The molecule has 2 fully saturated rings. The van der Waals surface area contributed by atoms with Gasteiger partial charge in [0.2, 0.25) is 0 Å². The Labute approximate surface area is 67.2 Å². The number of hydrogen-bond acceptors (Lipinski definition) is 2. The lowest BCUT2D eigenvalue weighted by atomic mass is 9.82. The minimum absolute atomic E-state index is 0.139. The maximum Gasteiger partial charge on any atom is 0.0700 e. The van der Waals surface area contributed by atoms with Crippen molar-refractivity contribution in [3.63, 3.8) is 0 Å². The van der Waals surface area contributed by atoms with E-state index in [-0.39, 0.29) is 6.61 Å². The van der Waals surface area contributed by atoms with Crippen molar-refractivity contribution in [1.82, 2.24) is 0 Å². The highest BCUT2D eigenvalue weighted by molar-refractivity contribution is 5.00. The molecule has 64 valence electrons. The number of rotatable bonds is 2. The summed E-state index contributed by atoms with van der Waals surface area (Å²) in [5.74, 6) is 1.26. The summed E-state index contributed by atoms with van der Waals surface area (Å²) < 4.78 is 0. The van der Waals surface area contributed by atoms with Crippen LogP contribution < -0.4 is 0 Å². The van der Waals surface area contributed by atoms with Crippen molar-refractivity contribution >= 4 is 0 Å². The van der Waals surface area contributed by atoms with Crippen LogP contribution in [-0.4, -0.2) is 22.4 Å². The molecule has 2 nitrogen and oxygen atoms in total. The van der Waals surface area contributed by atoms with Gasteiger partial charge in [-0.05, 0) is 43.9 Å². The fourth-order valence-electron chi connectivity index (χ4n) is 2.91. The van der Waals surface area contributed by atoms with E-state index in [1.165, 1.54) is 19.3 Å². The van der Waals surface area contributed by atoms with E-state index >= 15 is 0 Å². The van der Waals surface area contributed by atoms with Gasteiger partial charge in [0.05, 0.1) is 5.60 Å². The molecule has 0 amide bonds. The molecule has 0 radical (unpaired) electrons. The third-order valence-corrected chi connectivity index (χ3v) is 3.49. The van der Waals surface area contributed by atoms with Crippen molar-refractivity contribution < 1.29 is 10.2 Å². The van der Waals surface area contributed by atoms with Gasteiger partial charge >= 0.3 is 0 Å². The Hall–Kier alpha value is -0.0800. The van der Waals surface area contributed by atoms with Gasteiger partial charge in [0, 0.05) is 6.61 Å². The van der Waals surface area contributed by atoms with Gasteiger partial charge in [-0.1, -0.05) is 0 Å². The molecular formula is C9H16O2. The minimum atomic E-state index is -0.488. The SMILES string of the molecule is OCC[C@@]1(O)C[C@H]2CC[C@H]1C2. The summed E-state index contributed by atoms with van der Waals surface area (Å²) in [6.07, 6.45) is 5.22. The van der Waals surface area contributed by atoms with Crippen LogP contribution in [0.5, 0.6) is 0 Å². The Morgan fingerprint density at radius 2 is 2.18 bits per heavy atom. The van der Waals surface area contributed by atoms with Crippen molar-refractivity contribution in [2.24, 2.45) is 11.8 Å². The maximum absolute atomic E-state index is 10.0. The highest BCUT2D eigenvalue weighted by Gasteiger charge is 2.49. The third kappa shape index (κ3) is 1.09. The Bertz CT molecular complexity index is 158. The molecule has 0 heterocycles. The second-order valence-corrected chi connectivity index (χ2v) is 4.16. The zero-order chi connectivity index (χ0) is 7.90. The predicted octanol–water partition coefficient (Wildman–Crippen LogP) is 0.920. The number of fused-ring (bicyclic) bond motifs is 2. The largest absolute Gasteiger partial charge is 0.396 e. The van der Waals surface area contributed by atoms with Crippen molar-refractivity contribution in [2.45, 2.75) is 37.7 Å². The van der Waals surface area contributed by atoms with Gasteiger partial charge in [-0.2, -0.15) is 0 Å². The lowest BCUT2D eigenvalue weighted by Crippen LogP contribution is -2.35. The molecule has 2 saturated carbocycles. The quantitative estimate of drug-likeness (QED) is 0.624. The van der Waals surface area contributed by atoms with E-state index in [2.05, 4.69) is 0 Å². The van der Waals surface area contributed by atoms with E-state index in [1.807, 2.05) is 0 Å². The van der Waals surface area contributed by atoms with Crippen LogP contribution in [0.4, 0.5) is 0 Å². The molecule has 0 aromatic carbocycles. The number of hydrogen-bond donors (Lipinski definition) is 2. The molecule has 0 aliphatic heterocycles. The smallest absolute Gasteiger partial charge is 0.0700 e. The zero-order valence-electron chi connectivity index (χ0n) is 6.79. The first-order valence-corrected chi connectivity index (χ1v) is 4.58. The first-order valence-electron chi connectivity index (χ1n) is 4.58. The summed E-state index contributed by atoms with van der Waals surface area (Å²) in [6, 6.07) is 0. The van der Waals surface area contributed by atoms with Gasteiger partial charge in [0.25, 0.3) is 0 Å². The first kappa shape index (κ1) is 7.56. The van der Waals surface area contributed by atoms with E-state index in [0.29, 0.717) is 12.3 Å². The molecule has 2 N–H and O–H groups in total. The van der Waals surface area contributed by atoms with Crippen LogP contribution in [0.1, 0.15) is 32.1 Å². The van der Waals surface area contributed by atoms with Gasteiger partial charge in [-0.3, -0.25) is 0 Å². The lowest BCUT2D eigenvalue weighted by molar-refractivity contribution is -0.0317. The van der Waals surface area contributed by atoms with E-state index in [1.54, 1.807) is 0 Å². The van der Waals surface area contributed by atoms with Crippen LogP contribution in [0.15, 0.2) is 0 Å². The van der Waals surface area contributed by atoms with E-state index < -0.39 is 5.60 Å². The van der Waals surface area contributed by atoms with Crippen molar-refractivity contribution in [3.8, 4) is 0 Å². The molecule has 2 aliphatic rings. The Morgan fingerprint density at radius 1 is 1.36 bits per heavy atom. The van der Waals surface area contributed by atoms with Crippen LogP contribution in [0.25, 0.3) is 0 Å². The zero-order valence-corrected chi connectivity index (χ0v) is 6.79. The second-order valence-electron chi connectivity index (χ2n) is 4.16. The van der Waals surface area contributed by atoms with Crippen molar-refractivity contribution in [3.05, 3.63) is 0 Å². The molecule has 2 heteroatoms. The molecule has 2 bridgehead atoms. The van der Waals surface area contributed by atoms with Gasteiger partial charge in [0.1, 0.15) is 0 Å². The summed E-state index contributed by atoms with van der Waals surface area (Å²) in [4.78, 5) is 0. The summed E-state index contributed by atoms with van der Waals surface area (Å²) in [5, 5.41) is 18.8. The molecule has 2 rings (SSSR count). The molecule has 0 unspecified atom stereocenters. The van der Waals surface area contributed by atoms with Crippen LogP contribution in [0.3, 0.4) is 0 Å². The molecule has 2 aliphatic carbocycles. The van der Waals surface area contributed by atoms with E-state index in [0.717, 1.165) is 12.3 Å². The van der Waals surface area contributed by atoms with Gasteiger partial charge in [0.15, 0.2) is 0 Å². The molecule has 0 saturated heterocycles. The standard InChI is InChI=1S/C9H16O2/c10-4-3-9(11)6-7-1-2-8(9)5-7/h7-8,10-11H,1-6H2/t7-,8-,9+/m0/s1. The fraction of sp³-hybridized carbons (Fsp3) is 1.00. The lowest BCUT2D eigenvalue weighted by Gasteiger charge is -2.31. The molecular weight excluding hydrogens is 140 g/mol. The molecule has 0 aromatic rings.